The van der Waals surface area contributed by atoms with E-state index in [1.165, 1.54) is 0 Å². The normalized spacial score (nSPS) is 9.27. The van der Waals surface area contributed by atoms with E-state index in [0.717, 1.165) is 12.4 Å². The van der Waals surface area contributed by atoms with Crippen LogP contribution in [0.15, 0.2) is 12.3 Å². The molecule has 0 bridgehead atoms. The van der Waals surface area contributed by atoms with E-state index in [-0.39, 0.29) is 0 Å². The first kappa shape index (κ1) is 7.74. The van der Waals surface area contributed by atoms with Crippen molar-refractivity contribution in [3.8, 4) is 0 Å². The number of rotatable bonds is 3. The summed E-state index contributed by atoms with van der Waals surface area (Å²) in [7, 11) is 0. The maximum atomic E-state index is 5.11. The van der Waals surface area contributed by atoms with Crippen LogP contribution in [0.3, 0.4) is 0 Å². The lowest BCUT2D eigenvalue weighted by atomic mass is 10.5. The molecule has 0 saturated carbocycles. The molecule has 1 rings (SSSR count). The van der Waals surface area contributed by atoms with E-state index < -0.39 is 0 Å². The van der Waals surface area contributed by atoms with Gasteiger partial charge in [0.25, 0.3) is 0 Å². The van der Waals surface area contributed by atoms with Gasteiger partial charge in [0.1, 0.15) is 5.82 Å². The predicted octanol–water partition coefficient (Wildman–Crippen LogP) is 0.194. The van der Waals surface area contributed by atoms with Crippen LogP contribution in [-0.2, 0) is 0 Å². The lowest BCUT2D eigenvalue weighted by Crippen LogP contribution is -2.11. The second-order valence-electron chi connectivity index (χ2n) is 1.94. The molecule has 4 N–H and O–H groups in total. The van der Waals surface area contributed by atoms with Gasteiger partial charge < -0.3 is 5.32 Å². The van der Waals surface area contributed by atoms with Crippen molar-refractivity contribution in [3.05, 3.63) is 12.3 Å². The molecule has 0 fully saturated rings. The van der Waals surface area contributed by atoms with Crippen molar-refractivity contribution >= 4 is 11.8 Å². The molecule has 11 heavy (non-hydrogen) atoms. The molecule has 0 aliphatic rings. The van der Waals surface area contributed by atoms with Gasteiger partial charge in [0, 0.05) is 12.7 Å². The summed E-state index contributed by atoms with van der Waals surface area (Å²) in [4.78, 5) is 7.88. The summed E-state index contributed by atoms with van der Waals surface area (Å²) < 4.78 is 0. The van der Waals surface area contributed by atoms with Gasteiger partial charge >= 0.3 is 0 Å². The number of hydrazine groups is 1. The van der Waals surface area contributed by atoms with E-state index >= 15 is 0 Å². The van der Waals surface area contributed by atoms with E-state index in [1.54, 1.807) is 12.3 Å². The fraction of sp³-hybridized carbons (Fsp3) is 0.333. The SMILES string of the molecule is CCNc1ccnc(NN)n1. The molecule has 0 saturated heterocycles. The van der Waals surface area contributed by atoms with Crippen LogP contribution in [0.25, 0.3) is 0 Å². The third-order valence-electron chi connectivity index (χ3n) is 1.14. The van der Waals surface area contributed by atoms with Crippen LogP contribution in [0.1, 0.15) is 6.92 Å². The van der Waals surface area contributed by atoms with E-state index in [9.17, 15) is 0 Å². The molecule has 0 aliphatic heterocycles. The van der Waals surface area contributed by atoms with E-state index in [4.69, 9.17) is 5.84 Å². The second-order valence-corrected chi connectivity index (χ2v) is 1.94. The fourth-order valence-corrected chi connectivity index (χ4v) is 0.708. The fourth-order valence-electron chi connectivity index (χ4n) is 0.708. The molecule has 1 heterocycles. The zero-order valence-electron chi connectivity index (χ0n) is 6.33. The highest BCUT2D eigenvalue weighted by atomic mass is 15.3. The molecule has 0 amide bonds. The molecule has 0 aromatic carbocycles. The van der Waals surface area contributed by atoms with Crippen molar-refractivity contribution < 1.29 is 0 Å². The Balaban J connectivity index is 2.74. The minimum atomic E-state index is 0.420. The number of hydrogen-bond donors (Lipinski definition) is 3. The Hall–Kier alpha value is -1.36. The predicted molar refractivity (Wildman–Crippen MR) is 44.0 cm³/mol. The van der Waals surface area contributed by atoms with E-state index in [2.05, 4.69) is 20.7 Å². The Kier molecular flexibility index (Phi) is 2.62. The number of nitrogens with one attached hydrogen (secondary N) is 2. The third-order valence-corrected chi connectivity index (χ3v) is 1.14. The van der Waals surface area contributed by atoms with Gasteiger partial charge in [-0.2, -0.15) is 4.98 Å². The van der Waals surface area contributed by atoms with Gasteiger partial charge in [-0.15, -0.1) is 0 Å². The number of hydrogen-bond acceptors (Lipinski definition) is 5. The number of anilines is 2. The summed E-state index contributed by atoms with van der Waals surface area (Å²) in [5, 5.41) is 3.04. The Morgan fingerprint density at radius 1 is 1.64 bits per heavy atom. The summed E-state index contributed by atoms with van der Waals surface area (Å²) in [5.41, 5.74) is 2.36. The average molecular weight is 153 g/mol. The molecule has 0 spiro atoms. The number of nitrogens with zero attached hydrogens (tertiary/aromatic N) is 2. The molecule has 60 valence electrons. The van der Waals surface area contributed by atoms with Gasteiger partial charge in [-0.1, -0.05) is 0 Å². The Bertz CT molecular complexity index is 224. The highest BCUT2D eigenvalue weighted by Crippen LogP contribution is 2.02. The van der Waals surface area contributed by atoms with Crippen LogP contribution in [0.2, 0.25) is 0 Å². The van der Waals surface area contributed by atoms with Crippen molar-refractivity contribution in [2.24, 2.45) is 5.84 Å². The van der Waals surface area contributed by atoms with Crippen molar-refractivity contribution in [1.82, 2.24) is 9.97 Å². The summed E-state index contributed by atoms with van der Waals surface area (Å²) in [6.45, 7) is 2.83. The quantitative estimate of drug-likeness (QED) is 0.427. The van der Waals surface area contributed by atoms with Crippen molar-refractivity contribution in [2.75, 3.05) is 17.3 Å². The zero-order chi connectivity index (χ0) is 8.10. The molecular formula is C6H11N5. The highest BCUT2D eigenvalue weighted by molar-refractivity contribution is 5.38. The summed E-state index contributed by atoms with van der Waals surface area (Å²) in [5.74, 6) is 6.31. The van der Waals surface area contributed by atoms with Crippen molar-refractivity contribution in [1.29, 1.82) is 0 Å². The lowest BCUT2D eigenvalue weighted by Gasteiger charge is -2.02. The minimum absolute atomic E-state index is 0.420. The molecule has 0 unspecified atom stereocenters. The Morgan fingerprint density at radius 3 is 3.09 bits per heavy atom. The molecule has 0 aliphatic carbocycles. The van der Waals surface area contributed by atoms with Crippen LogP contribution in [0, 0.1) is 0 Å². The van der Waals surface area contributed by atoms with E-state index in [1.807, 2.05) is 6.92 Å². The Morgan fingerprint density at radius 2 is 2.45 bits per heavy atom. The van der Waals surface area contributed by atoms with Gasteiger partial charge in [0.05, 0.1) is 0 Å². The van der Waals surface area contributed by atoms with E-state index in [0.29, 0.717) is 5.95 Å². The lowest BCUT2D eigenvalue weighted by molar-refractivity contribution is 1.09. The molecule has 1 aromatic heterocycles. The first-order valence-electron chi connectivity index (χ1n) is 3.40. The zero-order valence-corrected chi connectivity index (χ0v) is 6.33. The first-order valence-corrected chi connectivity index (χ1v) is 3.40. The monoisotopic (exact) mass is 153 g/mol. The average Bonchev–Trinajstić information content (AvgIpc) is 2.06. The van der Waals surface area contributed by atoms with Gasteiger partial charge in [0.2, 0.25) is 5.95 Å². The summed E-state index contributed by atoms with van der Waals surface area (Å²) in [6.07, 6.45) is 1.64. The molecule has 0 atom stereocenters. The second kappa shape index (κ2) is 3.72. The minimum Gasteiger partial charge on any atom is -0.370 e. The Labute approximate surface area is 65.0 Å². The molecule has 5 heteroatoms. The molecule has 1 aromatic rings. The third kappa shape index (κ3) is 2.05. The van der Waals surface area contributed by atoms with Crippen LogP contribution in [0.4, 0.5) is 11.8 Å². The maximum absolute atomic E-state index is 5.11. The van der Waals surface area contributed by atoms with Crippen LogP contribution >= 0.6 is 0 Å². The van der Waals surface area contributed by atoms with Gasteiger partial charge in [0.15, 0.2) is 0 Å². The number of nitrogen functional groups attached to an aromatic ring is 1. The summed E-state index contributed by atoms with van der Waals surface area (Å²) >= 11 is 0. The molecular weight excluding hydrogens is 142 g/mol. The van der Waals surface area contributed by atoms with Gasteiger partial charge in [-0.25, -0.2) is 10.8 Å². The topological polar surface area (TPSA) is 75.9 Å². The smallest absolute Gasteiger partial charge is 0.239 e. The number of nitrogens with two attached hydrogens (primary N) is 1. The van der Waals surface area contributed by atoms with Crippen LogP contribution in [0.5, 0.6) is 0 Å². The first-order chi connectivity index (χ1) is 5.36. The van der Waals surface area contributed by atoms with Gasteiger partial charge in [-0.3, -0.25) is 5.43 Å². The van der Waals surface area contributed by atoms with Crippen molar-refractivity contribution in [3.63, 3.8) is 0 Å². The highest BCUT2D eigenvalue weighted by Gasteiger charge is 1.93. The number of aromatic nitrogens is 2. The van der Waals surface area contributed by atoms with Crippen LogP contribution < -0.4 is 16.6 Å². The summed E-state index contributed by atoms with van der Waals surface area (Å²) in [6, 6.07) is 1.78. The molecule has 5 nitrogen and oxygen atoms in total. The maximum Gasteiger partial charge on any atom is 0.239 e. The largest absolute Gasteiger partial charge is 0.370 e. The van der Waals surface area contributed by atoms with Crippen LogP contribution in [-0.4, -0.2) is 16.5 Å². The van der Waals surface area contributed by atoms with Crippen molar-refractivity contribution in [2.45, 2.75) is 6.92 Å². The molecule has 0 radical (unpaired) electrons. The van der Waals surface area contributed by atoms with Gasteiger partial charge in [-0.05, 0) is 13.0 Å². The standard InChI is InChI=1S/C6H11N5/c1-2-8-5-3-4-9-6(10-5)11-7/h3-4H,2,7H2,1H3,(H2,8,9,10,11).